The fourth-order valence-corrected chi connectivity index (χ4v) is 3.22. The highest BCUT2D eigenvalue weighted by molar-refractivity contribution is 6.04. The van der Waals surface area contributed by atoms with Crippen LogP contribution in [0.1, 0.15) is 28.2 Å². The standard InChI is InChI=1S/C18H19N5O/c1-12-20-21-17-11-14(7-9-23(12)17)18(24)19-15-5-6-16-13(10-15)4-3-8-22(16)2/h5-7,9-11H,3-4,8H2,1-2H3,(H,19,24). The van der Waals surface area contributed by atoms with Gasteiger partial charge in [0, 0.05) is 36.7 Å². The van der Waals surface area contributed by atoms with Crippen molar-refractivity contribution in [1.29, 1.82) is 0 Å². The Morgan fingerprint density at radius 2 is 2.08 bits per heavy atom. The van der Waals surface area contributed by atoms with E-state index in [4.69, 9.17) is 0 Å². The zero-order chi connectivity index (χ0) is 16.7. The number of fused-ring (bicyclic) bond motifs is 2. The molecule has 0 saturated carbocycles. The first-order valence-electron chi connectivity index (χ1n) is 8.08. The summed E-state index contributed by atoms with van der Waals surface area (Å²) in [5.41, 5.74) is 4.60. The number of rotatable bonds is 2. The fourth-order valence-electron chi connectivity index (χ4n) is 3.22. The maximum absolute atomic E-state index is 12.5. The van der Waals surface area contributed by atoms with Gasteiger partial charge in [-0.2, -0.15) is 0 Å². The van der Waals surface area contributed by atoms with Gasteiger partial charge in [0.25, 0.3) is 5.91 Å². The van der Waals surface area contributed by atoms with Crippen LogP contribution in [0.5, 0.6) is 0 Å². The van der Waals surface area contributed by atoms with Crippen LogP contribution in [0.25, 0.3) is 5.65 Å². The van der Waals surface area contributed by atoms with Crippen LogP contribution in [0.2, 0.25) is 0 Å². The molecule has 0 radical (unpaired) electrons. The first-order valence-corrected chi connectivity index (χ1v) is 8.08. The minimum Gasteiger partial charge on any atom is -0.374 e. The zero-order valence-electron chi connectivity index (χ0n) is 13.8. The molecule has 1 aromatic carbocycles. The van der Waals surface area contributed by atoms with E-state index in [1.165, 1.54) is 11.3 Å². The summed E-state index contributed by atoms with van der Waals surface area (Å²) in [6.45, 7) is 2.96. The molecule has 4 rings (SSSR count). The van der Waals surface area contributed by atoms with Crippen molar-refractivity contribution in [3.63, 3.8) is 0 Å². The van der Waals surface area contributed by atoms with Gasteiger partial charge < -0.3 is 10.2 Å². The lowest BCUT2D eigenvalue weighted by atomic mass is 10.0. The molecule has 24 heavy (non-hydrogen) atoms. The second-order valence-electron chi connectivity index (χ2n) is 6.21. The number of carbonyl (C=O) groups is 1. The van der Waals surface area contributed by atoms with Crippen molar-refractivity contribution in [2.24, 2.45) is 0 Å². The molecule has 0 spiro atoms. The normalized spacial score (nSPS) is 13.8. The average molecular weight is 321 g/mol. The number of aryl methyl sites for hydroxylation is 2. The highest BCUT2D eigenvalue weighted by Crippen LogP contribution is 2.28. The summed E-state index contributed by atoms with van der Waals surface area (Å²) in [5, 5.41) is 11.1. The van der Waals surface area contributed by atoms with Gasteiger partial charge >= 0.3 is 0 Å². The van der Waals surface area contributed by atoms with E-state index < -0.39 is 0 Å². The molecule has 0 aliphatic carbocycles. The molecule has 3 aromatic rings. The predicted octanol–water partition coefficient (Wildman–Crippen LogP) is 2.67. The maximum Gasteiger partial charge on any atom is 0.255 e. The molecule has 3 heterocycles. The van der Waals surface area contributed by atoms with Crippen LogP contribution in [0.15, 0.2) is 36.5 Å². The summed E-state index contributed by atoms with van der Waals surface area (Å²) in [4.78, 5) is 14.8. The number of pyridine rings is 1. The van der Waals surface area contributed by atoms with Crippen LogP contribution in [0.3, 0.4) is 0 Å². The van der Waals surface area contributed by atoms with E-state index in [0.717, 1.165) is 30.9 Å². The minimum absolute atomic E-state index is 0.137. The Morgan fingerprint density at radius 3 is 2.96 bits per heavy atom. The van der Waals surface area contributed by atoms with Gasteiger partial charge in [-0.1, -0.05) is 0 Å². The van der Waals surface area contributed by atoms with E-state index in [-0.39, 0.29) is 5.91 Å². The first-order chi connectivity index (χ1) is 11.6. The van der Waals surface area contributed by atoms with Crippen LogP contribution in [0, 0.1) is 6.92 Å². The number of nitrogens with zero attached hydrogens (tertiary/aromatic N) is 4. The Morgan fingerprint density at radius 1 is 1.21 bits per heavy atom. The van der Waals surface area contributed by atoms with Gasteiger partial charge in [0.15, 0.2) is 5.65 Å². The van der Waals surface area contributed by atoms with Crippen molar-refractivity contribution in [3.05, 3.63) is 53.5 Å². The van der Waals surface area contributed by atoms with Gasteiger partial charge in [-0.25, -0.2) is 0 Å². The molecule has 0 saturated heterocycles. The van der Waals surface area contributed by atoms with E-state index in [1.54, 1.807) is 12.1 Å². The number of nitrogens with one attached hydrogen (secondary N) is 1. The smallest absolute Gasteiger partial charge is 0.255 e. The highest BCUT2D eigenvalue weighted by Gasteiger charge is 2.15. The van der Waals surface area contributed by atoms with Crippen LogP contribution in [-0.2, 0) is 6.42 Å². The monoisotopic (exact) mass is 321 g/mol. The molecule has 0 bridgehead atoms. The lowest BCUT2D eigenvalue weighted by molar-refractivity contribution is 0.102. The van der Waals surface area contributed by atoms with Gasteiger partial charge in [0.1, 0.15) is 5.82 Å². The van der Waals surface area contributed by atoms with E-state index in [1.807, 2.05) is 23.6 Å². The second-order valence-corrected chi connectivity index (χ2v) is 6.21. The maximum atomic E-state index is 12.5. The van der Waals surface area contributed by atoms with Gasteiger partial charge in [0.05, 0.1) is 0 Å². The van der Waals surface area contributed by atoms with Crippen molar-refractivity contribution in [3.8, 4) is 0 Å². The third-order valence-electron chi connectivity index (χ3n) is 4.53. The van der Waals surface area contributed by atoms with Gasteiger partial charge in [-0.3, -0.25) is 9.20 Å². The molecule has 0 atom stereocenters. The van der Waals surface area contributed by atoms with Gasteiger partial charge in [0.2, 0.25) is 0 Å². The number of aromatic nitrogens is 3. The number of carbonyl (C=O) groups excluding carboxylic acids is 1. The van der Waals surface area contributed by atoms with Crippen LogP contribution in [-0.4, -0.2) is 34.1 Å². The highest BCUT2D eigenvalue weighted by atomic mass is 16.1. The topological polar surface area (TPSA) is 62.5 Å². The quantitative estimate of drug-likeness (QED) is 0.788. The molecule has 1 aliphatic rings. The molecule has 122 valence electrons. The van der Waals surface area contributed by atoms with E-state index in [2.05, 4.69) is 39.6 Å². The molecule has 1 amide bonds. The van der Waals surface area contributed by atoms with Crippen LogP contribution in [0.4, 0.5) is 11.4 Å². The van der Waals surface area contributed by atoms with E-state index >= 15 is 0 Å². The number of hydrogen-bond acceptors (Lipinski definition) is 4. The Hall–Kier alpha value is -2.89. The first kappa shape index (κ1) is 14.7. The third-order valence-corrected chi connectivity index (χ3v) is 4.53. The van der Waals surface area contributed by atoms with Crippen molar-refractivity contribution >= 4 is 22.9 Å². The third kappa shape index (κ3) is 2.50. The molecule has 1 aliphatic heterocycles. The Bertz CT molecular complexity index is 930. The van der Waals surface area contributed by atoms with Crippen molar-refractivity contribution in [2.45, 2.75) is 19.8 Å². The lowest BCUT2D eigenvalue weighted by Crippen LogP contribution is -2.24. The van der Waals surface area contributed by atoms with Gasteiger partial charge in [-0.05, 0) is 55.7 Å². The molecule has 0 fully saturated rings. The predicted molar refractivity (Wildman–Crippen MR) is 93.7 cm³/mol. The summed E-state index contributed by atoms with van der Waals surface area (Å²) in [7, 11) is 2.10. The fraction of sp³-hybridized carbons (Fsp3) is 0.278. The number of amides is 1. The lowest BCUT2D eigenvalue weighted by Gasteiger charge is -2.27. The van der Waals surface area contributed by atoms with Crippen LogP contribution >= 0.6 is 0 Å². The summed E-state index contributed by atoms with van der Waals surface area (Å²) < 4.78 is 1.85. The SMILES string of the molecule is Cc1nnc2cc(C(=O)Nc3ccc4c(c3)CCCN4C)ccn12. The average Bonchev–Trinajstić information content (AvgIpc) is 2.95. The van der Waals surface area contributed by atoms with Gasteiger partial charge in [-0.15, -0.1) is 10.2 Å². The summed E-state index contributed by atoms with van der Waals surface area (Å²) in [5.74, 6) is 0.665. The zero-order valence-corrected chi connectivity index (χ0v) is 13.8. The number of anilines is 2. The molecule has 0 unspecified atom stereocenters. The molecule has 2 aromatic heterocycles. The summed E-state index contributed by atoms with van der Waals surface area (Å²) >= 11 is 0. The molecule has 1 N–H and O–H groups in total. The van der Waals surface area contributed by atoms with E-state index in [0.29, 0.717) is 11.2 Å². The number of hydrogen-bond donors (Lipinski definition) is 1. The second kappa shape index (κ2) is 5.63. The Labute approximate surface area is 140 Å². The minimum atomic E-state index is -0.137. The molecular formula is C18H19N5O. The largest absolute Gasteiger partial charge is 0.374 e. The van der Waals surface area contributed by atoms with E-state index in [9.17, 15) is 4.79 Å². The summed E-state index contributed by atoms with van der Waals surface area (Å²) in [6.07, 6.45) is 4.01. The Kier molecular flexibility index (Phi) is 3.45. The van der Waals surface area contributed by atoms with Crippen molar-refractivity contribution in [1.82, 2.24) is 14.6 Å². The molecular weight excluding hydrogens is 302 g/mol. The molecule has 6 nitrogen and oxygen atoms in total. The van der Waals surface area contributed by atoms with Crippen molar-refractivity contribution in [2.75, 3.05) is 23.8 Å². The molecule has 6 heteroatoms. The Balaban J connectivity index is 1.58. The van der Waals surface area contributed by atoms with Crippen LogP contribution < -0.4 is 10.2 Å². The summed E-state index contributed by atoms with van der Waals surface area (Å²) in [6, 6.07) is 9.64. The van der Waals surface area contributed by atoms with Crippen molar-refractivity contribution < 1.29 is 4.79 Å². The number of benzene rings is 1.